The van der Waals surface area contributed by atoms with Gasteiger partial charge in [0.05, 0.1) is 23.0 Å². The topological polar surface area (TPSA) is 186 Å². The first-order valence-corrected chi connectivity index (χ1v) is 20.4. The monoisotopic (exact) mass is 756 g/mol. The summed E-state index contributed by atoms with van der Waals surface area (Å²) in [4.78, 5) is 57.4. The molecule has 4 amide bonds. The molecule has 0 saturated carbocycles. The van der Waals surface area contributed by atoms with Gasteiger partial charge in [-0.2, -0.15) is 0 Å². The number of carbonyl (C=O) groups is 4. The molecule has 6 N–H and O–H groups in total. The number of fused-ring (bicyclic) bond motifs is 11. The molecule has 5 unspecified atom stereocenters. The second-order valence-corrected chi connectivity index (χ2v) is 19.4. The van der Waals surface area contributed by atoms with Gasteiger partial charge in [-0.3, -0.25) is 29.0 Å². The summed E-state index contributed by atoms with van der Waals surface area (Å²) in [6.45, 7) is 2.90. The van der Waals surface area contributed by atoms with Crippen LogP contribution in [0.3, 0.4) is 0 Å². The lowest BCUT2D eigenvalue weighted by Crippen LogP contribution is -2.80. The molecule has 0 radical (unpaired) electrons. The molecule has 14 nitrogen and oxygen atoms in total. The smallest absolute Gasteiger partial charge is 0.266 e. The van der Waals surface area contributed by atoms with Crippen LogP contribution in [-0.2, 0) is 30.0 Å². The zero-order chi connectivity index (χ0) is 35.3. The fourth-order valence-corrected chi connectivity index (χ4v) is 18.6. The molecule has 12 rings (SSSR count). The number of amides is 4. The van der Waals surface area contributed by atoms with E-state index >= 15 is 0 Å². The van der Waals surface area contributed by atoms with E-state index < -0.39 is 90.7 Å². The minimum absolute atomic E-state index is 0.495. The molecular formula is C32H32N6O8S4. The highest BCUT2D eigenvalue weighted by Gasteiger charge is 2.93. The third-order valence-electron chi connectivity index (χ3n) is 12.7. The van der Waals surface area contributed by atoms with Crippen molar-refractivity contribution in [3.63, 3.8) is 0 Å². The highest BCUT2D eigenvalue weighted by molar-refractivity contribution is 8.78. The van der Waals surface area contributed by atoms with Crippen LogP contribution in [0, 0.1) is 0 Å². The second kappa shape index (κ2) is 9.20. The van der Waals surface area contributed by atoms with E-state index in [1.165, 1.54) is 47.5 Å². The van der Waals surface area contributed by atoms with Crippen molar-refractivity contribution in [2.45, 2.75) is 80.9 Å². The van der Waals surface area contributed by atoms with Crippen molar-refractivity contribution in [3.8, 4) is 0 Å². The minimum atomic E-state index is -1.93. The van der Waals surface area contributed by atoms with Crippen LogP contribution in [0.25, 0.3) is 0 Å². The summed E-state index contributed by atoms with van der Waals surface area (Å²) >= 11 is 0. The Bertz CT molecular complexity index is 1870. The lowest BCUT2D eigenvalue weighted by molar-refractivity contribution is -0.172. The van der Waals surface area contributed by atoms with E-state index in [-0.39, 0.29) is 0 Å². The number of likely N-dealkylation sites (N-methyl/N-ethyl adjacent to an activating group) is 2. The van der Waals surface area contributed by atoms with Gasteiger partial charge >= 0.3 is 0 Å². The van der Waals surface area contributed by atoms with Crippen molar-refractivity contribution in [2.24, 2.45) is 0 Å². The van der Waals surface area contributed by atoms with Crippen LogP contribution >= 0.6 is 43.2 Å². The normalized spacial score (nSPS) is 45.5. The van der Waals surface area contributed by atoms with E-state index in [9.17, 15) is 39.6 Å². The van der Waals surface area contributed by atoms with Crippen molar-refractivity contribution < 1.29 is 39.6 Å². The Morgan fingerprint density at radius 2 is 0.980 bits per heavy atom. The van der Waals surface area contributed by atoms with Crippen LogP contribution in [0.15, 0.2) is 48.5 Å². The van der Waals surface area contributed by atoms with E-state index in [1.54, 1.807) is 48.5 Å². The highest BCUT2D eigenvalue weighted by Crippen LogP contribution is 2.78. The molecule has 8 fully saturated rings. The SMILES string of the molecule is CC(O)C12SSC3(C(=O)N1C)[C@@H](O)[C@]1(C45c6ccccc6N[C@@H]4N4C(=O)[C@@]6(C(C)O)SS[C@]4(C(=O)N6C)[C@H]5O)c4ccccc4N[C@@H]1N3C2=O. The van der Waals surface area contributed by atoms with Gasteiger partial charge in [-0.05, 0) is 80.3 Å². The number of hydrogen-bond donors (Lipinski definition) is 6. The van der Waals surface area contributed by atoms with Crippen molar-refractivity contribution in [1.82, 2.24) is 19.6 Å². The summed E-state index contributed by atoms with van der Waals surface area (Å²) < 4.78 is 0. The van der Waals surface area contributed by atoms with Gasteiger partial charge < -0.3 is 40.9 Å². The van der Waals surface area contributed by atoms with Gasteiger partial charge in [-0.1, -0.05) is 36.4 Å². The third-order valence-corrected chi connectivity index (χ3v) is 20.2. The maximum Gasteiger partial charge on any atom is 0.266 e. The molecule has 8 saturated heterocycles. The van der Waals surface area contributed by atoms with Crippen LogP contribution in [-0.4, -0.2) is 134 Å². The Labute approximate surface area is 301 Å². The molecule has 2 spiro atoms. The number of aliphatic hydroxyl groups is 4. The summed E-state index contributed by atoms with van der Waals surface area (Å²) in [6.07, 6.45) is -8.45. The average molecular weight is 757 g/mol. The van der Waals surface area contributed by atoms with Crippen LogP contribution in [0.5, 0.6) is 0 Å². The number of benzene rings is 2. The van der Waals surface area contributed by atoms with Crippen molar-refractivity contribution in [3.05, 3.63) is 59.7 Å². The first-order valence-electron chi connectivity index (χ1n) is 16.1. The van der Waals surface area contributed by atoms with Gasteiger partial charge in [0.1, 0.15) is 24.5 Å². The molecular weight excluding hydrogens is 725 g/mol. The summed E-state index contributed by atoms with van der Waals surface area (Å²) in [7, 11) is 6.94. The van der Waals surface area contributed by atoms with Crippen LogP contribution in [0.2, 0.25) is 0 Å². The number of carbonyl (C=O) groups excluding carboxylic acids is 4. The van der Waals surface area contributed by atoms with Gasteiger partial charge in [0.15, 0.2) is 0 Å². The molecule has 12 atom stereocenters. The lowest BCUT2D eigenvalue weighted by atomic mass is 9.52. The average Bonchev–Trinajstić information content (AvgIpc) is 3.74. The summed E-state index contributed by atoms with van der Waals surface area (Å²) in [5.74, 6) is -2.37. The van der Waals surface area contributed by atoms with Gasteiger partial charge in [-0.15, -0.1) is 0 Å². The number of piperazine rings is 2. The van der Waals surface area contributed by atoms with Crippen molar-refractivity contribution in [1.29, 1.82) is 0 Å². The Hall–Kier alpha value is -2.84. The largest absolute Gasteiger partial charge is 0.389 e. The number of hydrogen-bond acceptors (Lipinski definition) is 14. The number of para-hydroxylation sites is 2. The Morgan fingerprint density at radius 3 is 1.34 bits per heavy atom. The molecule has 4 bridgehead atoms. The van der Waals surface area contributed by atoms with E-state index in [0.29, 0.717) is 22.5 Å². The Kier molecular flexibility index (Phi) is 5.86. The zero-order valence-corrected chi connectivity index (χ0v) is 30.2. The molecule has 0 aliphatic carbocycles. The standard InChI is InChI=1S/C32H32N6O8S4/c1-13(39)29-25(45)37-21-27(15-9-5-7-11-17(15)33-21,19(41)31(37,49-47-29)23(43)35(29)3)28-16-10-6-8-12-18(16)34-22(28)38-26(46)30(14(2)40)36(4)24(44)32(38,20(28)42)50-48-30/h5-14,19-22,33-34,39-42H,1-4H3/t13?,14?,19-,20-,21+,22+,27+,28?,29?,30+,31?,32-/m0/s1. The van der Waals surface area contributed by atoms with E-state index in [2.05, 4.69) is 10.6 Å². The maximum absolute atomic E-state index is 15.0. The summed E-state index contributed by atoms with van der Waals surface area (Å²) in [5, 5.41) is 56.0. The molecule has 2 aromatic rings. The van der Waals surface area contributed by atoms with Crippen molar-refractivity contribution in [2.75, 3.05) is 24.7 Å². The molecule has 50 heavy (non-hydrogen) atoms. The number of anilines is 2. The predicted octanol–water partition coefficient (Wildman–Crippen LogP) is 0.0526. The number of nitrogens with one attached hydrogen (secondary N) is 2. The first kappa shape index (κ1) is 31.9. The predicted molar refractivity (Wildman–Crippen MR) is 187 cm³/mol. The lowest BCUT2D eigenvalue weighted by Gasteiger charge is -2.59. The zero-order valence-electron chi connectivity index (χ0n) is 26.9. The Morgan fingerprint density at radius 1 is 0.620 bits per heavy atom. The second-order valence-electron chi connectivity index (χ2n) is 14.3. The van der Waals surface area contributed by atoms with Crippen LogP contribution in [0.1, 0.15) is 25.0 Å². The van der Waals surface area contributed by atoms with E-state index in [0.717, 1.165) is 43.2 Å². The molecule has 10 aliphatic rings. The number of rotatable bonds is 3. The molecule has 2 aromatic carbocycles. The molecule has 10 aliphatic heterocycles. The fourth-order valence-electron chi connectivity index (χ4n) is 10.6. The van der Waals surface area contributed by atoms with E-state index in [1.807, 2.05) is 0 Å². The van der Waals surface area contributed by atoms with E-state index in [4.69, 9.17) is 0 Å². The van der Waals surface area contributed by atoms with Gasteiger partial charge in [0.2, 0.25) is 19.5 Å². The van der Waals surface area contributed by atoms with Crippen molar-refractivity contribution >= 4 is 78.2 Å². The fraction of sp³-hybridized carbons (Fsp3) is 0.500. The van der Waals surface area contributed by atoms with Gasteiger partial charge in [0, 0.05) is 25.5 Å². The number of nitrogens with zero attached hydrogens (tertiary/aromatic N) is 4. The summed E-state index contributed by atoms with van der Waals surface area (Å²) in [5.41, 5.74) is -1.52. The quantitative estimate of drug-likeness (QED) is 0.231. The Balaban J connectivity index is 1.33. The maximum atomic E-state index is 15.0. The molecule has 0 aromatic heterocycles. The minimum Gasteiger partial charge on any atom is -0.389 e. The first-order chi connectivity index (χ1) is 23.7. The van der Waals surface area contributed by atoms with Crippen LogP contribution in [0.4, 0.5) is 11.4 Å². The van der Waals surface area contributed by atoms with Crippen LogP contribution < -0.4 is 10.6 Å². The molecule has 10 heterocycles. The van der Waals surface area contributed by atoms with Gasteiger partial charge in [0.25, 0.3) is 23.6 Å². The molecule has 18 heteroatoms. The summed E-state index contributed by atoms with van der Waals surface area (Å²) in [6, 6.07) is 14.3. The highest BCUT2D eigenvalue weighted by atomic mass is 33.1. The number of aliphatic hydroxyl groups excluding tert-OH is 4. The third kappa shape index (κ3) is 2.65. The van der Waals surface area contributed by atoms with Gasteiger partial charge in [-0.25, -0.2) is 0 Å². The molecule has 262 valence electrons.